The normalized spacial score (nSPS) is 21.4. The fourth-order valence-corrected chi connectivity index (χ4v) is 3.29. The minimum atomic E-state index is -0.421. The Morgan fingerprint density at radius 1 is 1.44 bits per heavy atom. The summed E-state index contributed by atoms with van der Waals surface area (Å²) in [6.07, 6.45) is 4.46. The number of hydrogen-bond donors (Lipinski definition) is 1. The second kappa shape index (κ2) is 7.76. The van der Waals surface area contributed by atoms with Gasteiger partial charge in [-0.15, -0.1) is 0 Å². The van der Waals surface area contributed by atoms with Gasteiger partial charge in [0.1, 0.15) is 0 Å². The van der Waals surface area contributed by atoms with Gasteiger partial charge >= 0.3 is 0 Å². The molecule has 2 atom stereocenters. The van der Waals surface area contributed by atoms with Gasteiger partial charge in [0.2, 0.25) is 0 Å². The lowest BCUT2D eigenvalue weighted by molar-refractivity contribution is -0.384. The lowest BCUT2D eigenvalue weighted by atomic mass is 9.94. The number of aromatic nitrogens is 1. The fraction of sp³-hybridized carbons (Fsp3) is 0.500. The third kappa shape index (κ3) is 4.24. The van der Waals surface area contributed by atoms with Crippen LogP contribution in [0.3, 0.4) is 0 Å². The summed E-state index contributed by atoms with van der Waals surface area (Å²) in [6, 6.07) is 6.85. The van der Waals surface area contributed by atoms with Crippen LogP contribution < -0.4 is 0 Å². The molecule has 1 aromatic carbocycles. The van der Waals surface area contributed by atoms with Crippen LogP contribution in [0.4, 0.5) is 5.69 Å². The third-order valence-electron chi connectivity index (χ3n) is 4.87. The van der Waals surface area contributed by atoms with Gasteiger partial charge in [-0.3, -0.25) is 15.0 Å². The van der Waals surface area contributed by atoms with Crippen LogP contribution in [0.2, 0.25) is 0 Å². The van der Waals surface area contributed by atoms with Crippen molar-refractivity contribution in [1.29, 1.82) is 0 Å². The molecule has 0 bridgehead atoms. The van der Waals surface area contributed by atoms with E-state index in [0.29, 0.717) is 35.6 Å². The quantitative estimate of drug-likeness (QED) is 0.639. The molecular weight excluding hydrogens is 322 g/mol. The van der Waals surface area contributed by atoms with E-state index in [1.807, 2.05) is 0 Å². The molecule has 0 spiro atoms. The Morgan fingerprint density at radius 2 is 2.28 bits per heavy atom. The topological polar surface area (TPSA) is 92.6 Å². The molecule has 0 radical (unpaired) electrons. The van der Waals surface area contributed by atoms with E-state index in [1.165, 1.54) is 12.1 Å². The first-order chi connectivity index (χ1) is 12.1. The highest BCUT2D eigenvalue weighted by Crippen LogP contribution is 2.25. The molecule has 1 aliphatic rings. The maximum atomic E-state index is 10.9. The van der Waals surface area contributed by atoms with Gasteiger partial charge in [0.05, 0.1) is 11.1 Å². The molecule has 2 aromatic rings. The van der Waals surface area contributed by atoms with Crippen molar-refractivity contribution in [2.75, 3.05) is 19.7 Å². The summed E-state index contributed by atoms with van der Waals surface area (Å²) in [5, 5.41) is 20.3. The first-order valence-corrected chi connectivity index (χ1v) is 8.61. The molecule has 0 amide bonds. The zero-order valence-corrected chi connectivity index (χ0v) is 14.3. The van der Waals surface area contributed by atoms with Crippen LogP contribution >= 0.6 is 0 Å². The van der Waals surface area contributed by atoms with E-state index < -0.39 is 4.92 Å². The molecule has 7 nitrogen and oxygen atoms in total. The van der Waals surface area contributed by atoms with Crippen molar-refractivity contribution < 1.29 is 14.4 Å². The highest BCUT2D eigenvalue weighted by Gasteiger charge is 2.25. The molecule has 0 aliphatic carbocycles. The van der Waals surface area contributed by atoms with E-state index in [9.17, 15) is 15.2 Å². The highest BCUT2D eigenvalue weighted by atomic mass is 16.6. The first-order valence-electron chi connectivity index (χ1n) is 8.61. The van der Waals surface area contributed by atoms with E-state index in [1.54, 1.807) is 18.3 Å². The van der Waals surface area contributed by atoms with Gasteiger partial charge in [0, 0.05) is 49.9 Å². The number of oxazole rings is 1. The summed E-state index contributed by atoms with van der Waals surface area (Å²) in [7, 11) is 0. The van der Waals surface area contributed by atoms with Crippen LogP contribution in [-0.2, 0) is 6.42 Å². The Bertz CT molecular complexity index is 731. The Hall–Kier alpha value is -2.25. The molecule has 2 heterocycles. The number of nitrogens with zero attached hydrogens (tertiary/aromatic N) is 3. The van der Waals surface area contributed by atoms with Crippen LogP contribution in [-0.4, -0.2) is 45.7 Å². The van der Waals surface area contributed by atoms with Gasteiger partial charge in [0.15, 0.2) is 11.7 Å². The molecule has 1 N–H and O–H groups in total. The minimum Gasteiger partial charge on any atom is -0.441 e. The molecule has 1 aliphatic heterocycles. The summed E-state index contributed by atoms with van der Waals surface area (Å²) in [5.74, 6) is 1.51. The lowest BCUT2D eigenvalue weighted by Gasteiger charge is -2.37. The second-order valence-electron chi connectivity index (χ2n) is 6.65. The molecule has 25 heavy (non-hydrogen) atoms. The molecule has 1 aromatic heterocycles. The average Bonchev–Trinajstić information content (AvgIpc) is 3.10. The average molecular weight is 345 g/mol. The van der Waals surface area contributed by atoms with Crippen molar-refractivity contribution in [3.63, 3.8) is 0 Å². The maximum Gasteiger partial charge on any atom is 0.270 e. The zero-order chi connectivity index (χ0) is 17.8. The lowest BCUT2D eigenvalue weighted by Crippen LogP contribution is -2.43. The molecule has 134 valence electrons. The van der Waals surface area contributed by atoms with Crippen LogP contribution in [0.25, 0.3) is 11.3 Å². The maximum absolute atomic E-state index is 10.9. The van der Waals surface area contributed by atoms with Crippen molar-refractivity contribution in [1.82, 2.24) is 9.88 Å². The molecule has 3 rings (SSSR count). The smallest absolute Gasteiger partial charge is 0.270 e. The van der Waals surface area contributed by atoms with E-state index in [2.05, 4.69) is 16.8 Å². The van der Waals surface area contributed by atoms with Crippen molar-refractivity contribution in [3.8, 4) is 11.3 Å². The van der Waals surface area contributed by atoms with E-state index in [4.69, 9.17) is 4.42 Å². The van der Waals surface area contributed by atoms with Crippen molar-refractivity contribution in [2.45, 2.75) is 32.2 Å². The number of benzene rings is 1. The van der Waals surface area contributed by atoms with Crippen LogP contribution in [0, 0.1) is 16.0 Å². The van der Waals surface area contributed by atoms with Gasteiger partial charge < -0.3 is 9.52 Å². The Balaban J connectivity index is 1.64. The monoisotopic (exact) mass is 345 g/mol. The Labute approximate surface area is 146 Å². The summed E-state index contributed by atoms with van der Waals surface area (Å²) < 4.78 is 5.77. The van der Waals surface area contributed by atoms with Gasteiger partial charge in [-0.1, -0.05) is 12.1 Å². The third-order valence-corrected chi connectivity index (χ3v) is 4.87. The summed E-state index contributed by atoms with van der Waals surface area (Å²) in [5.41, 5.74) is 0.687. The zero-order valence-electron chi connectivity index (χ0n) is 14.3. The number of rotatable bonds is 6. The largest absolute Gasteiger partial charge is 0.441 e. The second-order valence-corrected chi connectivity index (χ2v) is 6.65. The molecular formula is C18H23N3O4. The summed E-state index contributed by atoms with van der Waals surface area (Å²) >= 11 is 0. The van der Waals surface area contributed by atoms with Gasteiger partial charge in [-0.25, -0.2) is 4.98 Å². The van der Waals surface area contributed by atoms with Crippen molar-refractivity contribution >= 4 is 5.69 Å². The molecule has 0 saturated carbocycles. The number of likely N-dealkylation sites (tertiary alicyclic amines) is 1. The number of aliphatic hydroxyl groups is 1. The van der Waals surface area contributed by atoms with Crippen LogP contribution in [0.5, 0.6) is 0 Å². The number of piperidine rings is 1. The van der Waals surface area contributed by atoms with E-state index >= 15 is 0 Å². The number of nitro benzene ring substituents is 1. The summed E-state index contributed by atoms with van der Waals surface area (Å²) in [6.45, 7) is 4.17. The molecule has 7 heteroatoms. The van der Waals surface area contributed by atoms with Crippen molar-refractivity contribution in [3.05, 3.63) is 46.5 Å². The van der Waals surface area contributed by atoms with Gasteiger partial charge in [-0.05, 0) is 25.7 Å². The molecule has 1 saturated heterocycles. The number of nitro groups is 1. The van der Waals surface area contributed by atoms with E-state index in [0.717, 1.165) is 25.9 Å². The highest BCUT2D eigenvalue weighted by molar-refractivity contribution is 5.60. The Kier molecular flexibility index (Phi) is 5.45. The predicted molar refractivity (Wildman–Crippen MR) is 93.1 cm³/mol. The predicted octanol–water partition coefficient (Wildman–Crippen LogP) is 2.89. The molecule has 1 fully saturated rings. The minimum absolute atomic E-state index is 0.0348. The van der Waals surface area contributed by atoms with Crippen molar-refractivity contribution in [2.24, 2.45) is 5.92 Å². The SMILES string of the molecule is CC1CCC(CO)CN1CCc1ncc(-c2cccc([N+](=O)[O-])c2)o1. The summed E-state index contributed by atoms with van der Waals surface area (Å²) in [4.78, 5) is 17.1. The van der Waals surface area contributed by atoms with Crippen LogP contribution in [0.15, 0.2) is 34.9 Å². The fourth-order valence-electron chi connectivity index (χ4n) is 3.29. The van der Waals surface area contributed by atoms with Gasteiger partial charge in [-0.2, -0.15) is 0 Å². The van der Waals surface area contributed by atoms with Gasteiger partial charge in [0.25, 0.3) is 5.69 Å². The van der Waals surface area contributed by atoms with E-state index in [-0.39, 0.29) is 12.3 Å². The molecule has 2 unspecified atom stereocenters. The first kappa shape index (κ1) is 17.6. The number of non-ortho nitro benzene ring substituents is 1. The number of aliphatic hydroxyl groups excluding tert-OH is 1. The Morgan fingerprint density at radius 3 is 3.04 bits per heavy atom. The number of hydrogen-bond acceptors (Lipinski definition) is 6. The van der Waals surface area contributed by atoms with Crippen LogP contribution in [0.1, 0.15) is 25.7 Å². The standard InChI is InChI=1S/C18H23N3O4/c1-13-5-6-14(12-22)11-20(13)8-7-18-19-10-17(25-18)15-3-2-4-16(9-15)21(23)24/h2-4,9-10,13-14,22H,5-8,11-12H2,1H3.